The van der Waals surface area contributed by atoms with E-state index in [2.05, 4.69) is 25.8 Å². The Kier molecular flexibility index (Phi) is 7.49. The molecule has 1 saturated heterocycles. The first-order valence-corrected chi connectivity index (χ1v) is 11.8. The van der Waals surface area contributed by atoms with Gasteiger partial charge in [0.05, 0.1) is 0 Å². The molecule has 4 rings (SSSR count). The molecule has 3 aromatic rings. The molecule has 0 saturated carbocycles. The summed E-state index contributed by atoms with van der Waals surface area (Å²) in [6.07, 6.45) is 1.93. The Labute approximate surface area is 200 Å². The lowest BCUT2D eigenvalue weighted by atomic mass is 9.92. The summed E-state index contributed by atoms with van der Waals surface area (Å²) in [7, 11) is 4.02. The third kappa shape index (κ3) is 5.58. The highest BCUT2D eigenvalue weighted by molar-refractivity contribution is 5.98. The van der Waals surface area contributed by atoms with E-state index in [1.165, 1.54) is 0 Å². The van der Waals surface area contributed by atoms with Crippen LogP contribution in [0.4, 0.5) is 10.5 Å². The molecule has 2 aromatic carbocycles. The van der Waals surface area contributed by atoms with Crippen molar-refractivity contribution in [3.63, 3.8) is 0 Å². The second kappa shape index (κ2) is 10.7. The molecule has 1 aromatic heterocycles. The normalized spacial score (nSPS) is 15.8. The van der Waals surface area contributed by atoms with Gasteiger partial charge in [0, 0.05) is 61.4 Å². The average Bonchev–Trinajstić information content (AvgIpc) is 3.26. The second-order valence-corrected chi connectivity index (χ2v) is 9.17. The summed E-state index contributed by atoms with van der Waals surface area (Å²) in [5.41, 5.74) is 3.83. The Morgan fingerprint density at radius 2 is 1.85 bits per heavy atom. The van der Waals surface area contributed by atoms with Gasteiger partial charge in [0.25, 0.3) is 0 Å². The SMILES string of the molecule is C[C@H](c1c[nH]c2ccccc12)[C@@H](NC(=O)N1CCNCC1)C(=O)Nc1cccc(CN(C)C)c1. The van der Waals surface area contributed by atoms with Crippen LogP contribution in [-0.2, 0) is 11.3 Å². The van der Waals surface area contributed by atoms with E-state index in [0.29, 0.717) is 13.1 Å². The van der Waals surface area contributed by atoms with Gasteiger partial charge in [-0.2, -0.15) is 0 Å². The minimum absolute atomic E-state index is 0.213. The van der Waals surface area contributed by atoms with Crippen molar-refractivity contribution in [1.82, 2.24) is 25.4 Å². The van der Waals surface area contributed by atoms with Gasteiger partial charge in [0.15, 0.2) is 0 Å². The fourth-order valence-electron chi connectivity index (χ4n) is 4.49. The number of H-pyrrole nitrogens is 1. The third-order valence-corrected chi connectivity index (χ3v) is 6.27. The minimum atomic E-state index is -0.737. The average molecular weight is 463 g/mol. The monoisotopic (exact) mass is 462 g/mol. The van der Waals surface area contributed by atoms with Crippen LogP contribution >= 0.6 is 0 Å². The van der Waals surface area contributed by atoms with Crippen molar-refractivity contribution < 1.29 is 9.59 Å². The quantitative estimate of drug-likeness (QED) is 0.434. The smallest absolute Gasteiger partial charge is 0.318 e. The zero-order valence-electron chi connectivity index (χ0n) is 20.1. The molecule has 0 bridgehead atoms. The zero-order valence-corrected chi connectivity index (χ0v) is 20.1. The van der Waals surface area contributed by atoms with Crippen molar-refractivity contribution in [1.29, 1.82) is 0 Å². The van der Waals surface area contributed by atoms with Crippen LogP contribution < -0.4 is 16.0 Å². The van der Waals surface area contributed by atoms with E-state index in [9.17, 15) is 9.59 Å². The summed E-state index contributed by atoms with van der Waals surface area (Å²) in [4.78, 5) is 33.8. The summed E-state index contributed by atoms with van der Waals surface area (Å²) in [5, 5.41) is 10.4. The predicted molar refractivity (Wildman–Crippen MR) is 136 cm³/mol. The van der Waals surface area contributed by atoms with Gasteiger partial charge in [0.1, 0.15) is 6.04 Å². The number of urea groups is 1. The van der Waals surface area contributed by atoms with E-state index in [1.54, 1.807) is 4.90 Å². The maximum atomic E-state index is 13.6. The molecule has 1 fully saturated rings. The minimum Gasteiger partial charge on any atom is -0.361 e. The van der Waals surface area contributed by atoms with Gasteiger partial charge < -0.3 is 30.7 Å². The van der Waals surface area contributed by atoms with Crippen LogP contribution in [0.5, 0.6) is 0 Å². The predicted octanol–water partition coefficient (Wildman–Crippen LogP) is 2.96. The number of aromatic amines is 1. The van der Waals surface area contributed by atoms with Crippen molar-refractivity contribution in [2.45, 2.75) is 25.4 Å². The van der Waals surface area contributed by atoms with Crippen molar-refractivity contribution in [3.05, 3.63) is 65.9 Å². The van der Waals surface area contributed by atoms with Gasteiger partial charge in [-0.3, -0.25) is 4.79 Å². The van der Waals surface area contributed by atoms with Gasteiger partial charge >= 0.3 is 6.03 Å². The Hall–Kier alpha value is -3.36. The van der Waals surface area contributed by atoms with E-state index in [1.807, 2.05) is 75.7 Å². The highest BCUT2D eigenvalue weighted by Crippen LogP contribution is 2.28. The van der Waals surface area contributed by atoms with E-state index in [4.69, 9.17) is 0 Å². The fraction of sp³-hybridized carbons (Fsp3) is 0.385. The van der Waals surface area contributed by atoms with Gasteiger partial charge in [-0.25, -0.2) is 4.79 Å². The van der Waals surface area contributed by atoms with Crippen LogP contribution in [0.25, 0.3) is 10.9 Å². The maximum Gasteiger partial charge on any atom is 0.318 e. The van der Waals surface area contributed by atoms with Crippen LogP contribution in [-0.4, -0.2) is 73.0 Å². The fourth-order valence-corrected chi connectivity index (χ4v) is 4.49. The number of benzene rings is 2. The van der Waals surface area contributed by atoms with E-state index < -0.39 is 6.04 Å². The first kappa shape index (κ1) is 23.8. The van der Waals surface area contributed by atoms with Crippen LogP contribution in [0, 0.1) is 0 Å². The number of aromatic nitrogens is 1. The lowest BCUT2D eigenvalue weighted by molar-refractivity contribution is -0.118. The lowest BCUT2D eigenvalue weighted by Gasteiger charge is -2.31. The molecule has 34 heavy (non-hydrogen) atoms. The van der Waals surface area contributed by atoms with Gasteiger partial charge in [0.2, 0.25) is 5.91 Å². The van der Waals surface area contributed by atoms with E-state index >= 15 is 0 Å². The largest absolute Gasteiger partial charge is 0.361 e. The number of hydrogen-bond acceptors (Lipinski definition) is 4. The van der Waals surface area contributed by atoms with Crippen LogP contribution in [0.15, 0.2) is 54.7 Å². The number of nitrogens with zero attached hydrogens (tertiary/aromatic N) is 2. The van der Waals surface area contributed by atoms with Gasteiger partial charge in [-0.05, 0) is 43.4 Å². The summed E-state index contributed by atoms with van der Waals surface area (Å²) >= 11 is 0. The van der Waals surface area contributed by atoms with Crippen LogP contribution in [0.2, 0.25) is 0 Å². The molecule has 180 valence electrons. The molecular formula is C26H34N6O2. The number of hydrogen-bond donors (Lipinski definition) is 4. The van der Waals surface area contributed by atoms with Crippen molar-refractivity contribution in [3.8, 4) is 0 Å². The van der Waals surface area contributed by atoms with E-state index in [0.717, 1.165) is 47.4 Å². The molecule has 0 unspecified atom stereocenters. The molecular weight excluding hydrogens is 428 g/mol. The van der Waals surface area contributed by atoms with Gasteiger partial charge in [-0.1, -0.05) is 37.3 Å². The summed E-state index contributed by atoms with van der Waals surface area (Å²) < 4.78 is 0. The molecule has 1 aliphatic heterocycles. The molecule has 0 spiro atoms. The maximum absolute atomic E-state index is 13.6. The molecule has 4 N–H and O–H groups in total. The molecule has 8 nitrogen and oxygen atoms in total. The second-order valence-electron chi connectivity index (χ2n) is 9.17. The molecule has 0 aliphatic carbocycles. The lowest BCUT2D eigenvalue weighted by Crippen LogP contribution is -2.55. The number of anilines is 1. The van der Waals surface area contributed by atoms with Crippen LogP contribution in [0.3, 0.4) is 0 Å². The zero-order chi connectivity index (χ0) is 24.1. The molecule has 3 amide bonds. The number of carbonyl (C=O) groups excluding carboxylic acids is 2. The number of amides is 3. The number of fused-ring (bicyclic) bond motifs is 1. The molecule has 2 atom stereocenters. The molecule has 8 heteroatoms. The highest BCUT2D eigenvalue weighted by Gasteiger charge is 2.31. The number of piperazine rings is 1. The Balaban J connectivity index is 1.58. The van der Waals surface area contributed by atoms with Crippen LogP contribution in [0.1, 0.15) is 24.0 Å². The third-order valence-electron chi connectivity index (χ3n) is 6.27. The summed E-state index contributed by atoms with van der Waals surface area (Å²) in [5.74, 6) is -0.476. The van der Waals surface area contributed by atoms with Gasteiger partial charge in [-0.15, -0.1) is 0 Å². The number of carbonyl (C=O) groups is 2. The Morgan fingerprint density at radius 1 is 1.09 bits per heavy atom. The first-order chi connectivity index (χ1) is 16.4. The molecule has 0 radical (unpaired) electrons. The summed E-state index contributed by atoms with van der Waals surface area (Å²) in [6, 6.07) is 14.9. The Bertz CT molecular complexity index is 1140. The Morgan fingerprint density at radius 3 is 2.62 bits per heavy atom. The standard InChI is InChI=1S/C26H34N6O2/c1-18(22-16-28-23-10-5-4-9-21(22)23)24(30-26(34)32-13-11-27-12-14-32)25(33)29-20-8-6-7-19(15-20)17-31(2)3/h4-10,15-16,18,24,27-28H,11-14,17H2,1-3H3,(H,29,33)(H,30,34)/t18-,24-/m1/s1. The number of rotatable bonds is 7. The molecule has 2 heterocycles. The highest BCUT2D eigenvalue weighted by atomic mass is 16.2. The van der Waals surface area contributed by atoms with Crippen molar-refractivity contribution in [2.24, 2.45) is 0 Å². The summed E-state index contributed by atoms with van der Waals surface area (Å²) in [6.45, 7) is 5.50. The van der Waals surface area contributed by atoms with Crippen molar-refractivity contribution in [2.75, 3.05) is 45.6 Å². The number of para-hydroxylation sites is 1. The van der Waals surface area contributed by atoms with Crippen molar-refractivity contribution >= 4 is 28.5 Å². The first-order valence-electron chi connectivity index (χ1n) is 11.8. The number of nitrogens with one attached hydrogen (secondary N) is 4. The topological polar surface area (TPSA) is 92.5 Å². The molecule has 1 aliphatic rings. The van der Waals surface area contributed by atoms with E-state index in [-0.39, 0.29) is 17.9 Å².